The van der Waals surface area contributed by atoms with E-state index in [-0.39, 0.29) is 17.9 Å². The van der Waals surface area contributed by atoms with Crippen LogP contribution in [0.15, 0.2) is 78.5 Å². The van der Waals surface area contributed by atoms with Crippen molar-refractivity contribution in [1.29, 1.82) is 0 Å². The Morgan fingerprint density at radius 2 is 1.55 bits per heavy atom. The molecule has 0 fully saturated rings. The van der Waals surface area contributed by atoms with Gasteiger partial charge in [0.1, 0.15) is 11.4 Å². The van der Waals surface area contributed by atoms with Crippen LogP contribution in [-0.4, -0.2) is 24.5 Å². The van der Waals surface area contributed by atoms with Gasteiger partial charge in [0.25, 0.3) is 11.8 Å². The lowest BCUT2D eigenvalue weighted by Gasteiger charge is -2.22. The van der Waals surface area contributed by atoms with Gasteiger partial charge in [-0.1, -0.05) is 48.0 Å². The van der Waals surface area contributed by atoms with Crippen LogP contribution in [-0.2, 0) is 16.0 Å². The van der Waals surface area contributed by atoms with Crippen LogP contribution in [0.5, 0.6) is 5.75 Å². The molecular weight excluding hydrogens is 412 g/mol. The van der Waals surface area contributed by atoms with E-state index in [1.54, 1.807) is 24.3 Å². The summed E-state index contributed by atoms with van der Waals surface area (Å²) in [6.07, 6.45) is 0.881. The third kappa shape index (κ3) is 3.69. The molecule has 166 valence electrons. The number of benzene rings is 3. The Bertz CT molecular complexity index is 1260. The average Bonchev–Trinajstić information content (AvgIpc) is 3.33. The van der Waals surface area contributed by atoms with Gasteiger partial charge in [-0.3, -0.25) is 9.59 Å². The molecule has 2 aliphatic rings. The second kappa shape index (κ2) is 8.24. The molecule has 0 N–H and O–H groups in total. The first-order valence-corrected chi connectivity index (χ1v) is 11.3. The van der Waals surface area contributed by atoms with E-state index in [0.717, 1.165) is 23.2 Å². The van der Waals surface area contributed by atoms with Crippen LogP contribution in [0.1, 0.15) is 30.5 Å². The molecule has 5 rings (SSSR count). The molecule has 0 atom stereocenters. The van der Waals surface area contributed by atoms with Crippen molar-refractivity contribution in [2.45, 2.75) is 33.3 Å². The molecule has 0 saturated carbocycles. The van der Waals surface area contributed by atoms with E-state index in [4.69, 9.17) is 4.74 Å². The molecule has 2 aliphatic heterocycles. The SMILES string of the molecule is Cc1ccc(C2=C(N3CCc4ccccc43)C(=O)N(c3ccc(OC(C)C)cc3)C2=O)cc1. The largest absolute Gasteiger partial charge is 0.491 e. The van der Waals surface area contributed by atoms with Crippen molar-refractivity contribution >= 4 is 28.8 Å². The minimum absolute atomic E-state index is 0.0440. The normalized spacial score (nSPS) is 15.6. The Kier molecular flexibility index (Phi) is 5.25. The number of rotatable bonds is 5. The number of hydrogen-bond acceptors (Lipinski definition) is 4. The Labute approximate surface area is 193 Å². The molecule has 2 heterocycles. The number of carbonyl (C=O) groups excluding carboxylic acids is 2. The summed E-state index contributed by atoms with van der Waals surface area (Å²) >= 11 is 0. The quantitative estimate of drug-likeness (QED) is 0.518. The first-order chi connectivity index (χ1) is 15.9. The molecular formula is C28H26N2O3. The zero-order valence-corrected chi connectivity index (χ0v) is 19.0. The second-order valence-electron chi connectivity index (χ2n) is 8.73. The molecule has 0 aliphatic carbocycles. The number of anilines is 2. The highest BCUT2D eigenvalue weighted by Gasteiger charge is 2.44. The van der Waals surface area contributed by atoms with Crippen LogP contribution in [0.3, 0.4) is 0 Å². The lowest BCUT2D eigenvalue weighted by molar-refractivity contribution is -0.120. The van der Waals surface area contributed by atoms with Crippen molar-refractivity contribution < 1.29 is 14.3 Å². The Morgan fingerprint density at radius 1 is 0.848 bits per heavy atom. The topological polar surface area (TPSA) is 49.9 Å². The van der Waals surface area contributed by atoms with Gasteiger partial charge in [0.15, 0.2) is 0 Å². The molecule has 5 nitrogen and oxygen atoms in total. The molecule has 0 saturated heterocycles. The number of nitrogens with zero attached hydrogens (tertiary/aromatic N) is 2. The number of para-hydroxylation sites is 1. The van der Waals surface area contributed by atoms with Crippen molar-refractivity contribution in [3.63, 3.8) is 0 Å². The summed E-state index contributed by atoms with van der Waals surface area (Å²) in [6.45, 7) is 6.58. The average molecular weight is 439 g/mol. The van der Waals surface area contributed by atoms with Crippen LogP contribution in [0.4, 0.5) is 11.4 Å². The summed E-state index contributed by atoms with van der Waals surface area (Å²) in [7, 11) is 0. The van der Waals surface area contributed by atoms with Crippen LogP contribution in [0, 0.1) is 6.92 Å². The maximum atomic E-state index is 13.8. The summed E-state index contributed by atoms with van der Waals surface area (Å²) in [5.41, 5.74) is 5.44. The summed E-state index contributed by atoms with van der Waals surface area (Å²) in [6, 6.07) is 23.0. The predicted molar refractivity (Wildman–Crippen MR) is 130 cm³/mol. The van der Waals surface area contributed by atoms with E-state index in [1.807, 2.05) is 68.1 Å². The molecule has 2 amide bonds. The zero-order valence-electron chi connectivity index (χ0n) is 19.0. The van der Waals surface area contributed by atoms with Crippen LogP contribution in [0.2, 0.25) is 0 Å². The first-order valence-electron chi connectivity index (χ1n) is 11.3. The predicted octanol–water partition coefficient (Wildman–Crippen LogP) is 5.13. The monoisotopic (exact) mass is 438 g/mol. The molecule has 0 bridgehead atoms. The number of carbonyl (C=O) groups is 2. The van der Waals surface area contributed by atoms with Crippen molar-refractivity contribution in [2.24, 2.45) is 0 Å². The third-order valence-electron chi connectivity index (χ3n) is 6.02. The van der Waals surface area contributed by atoms with E-state index in [1.165, 1.54) is 10.5 Å². The van der Waals surface area contributed by atoms with Crippen LogP contribution in [0.25, 0.3) is 5.57 Å². The summed E-state index contributed by atoms with van der Waals surface area (Å²) in [5.74, 6) is 0.0961. The number of aryl methyl sites for hydroxylation is 1. The maximum Gasteiger partial charge on any atom is 0.282 e. The van der Waals surface area contributed by atoms with Gasteiger partial charge in [-0.2, -0.15) is 0 Å². The van der Waals surface area contributed by atoms with Crippen LogP contribution >= 0.6 is 0 Å². The second-order valence-corrected chi connectivity index (χ2v) is 8.73. The summed E-state index contributed by atoms with van der Waals surface area (Å²) in [5, 5.41) is 0. The zero-order chi connectivity index (χ0) is 23.1. The van der Waals surface area contributed by atoms with Gasteiger partial charge in [0, 0.05) is 12.2 Å². The number of ether oxygens (including phenoxy) is 1. The molecule has 3 aromatic rings. The molecule has 0 spiro atoms. The van der Waals surface area contributed by atoms with E-state index in [0.29, 0.717) is 29.3 Å². The number of fused-ring (bicyclic) bond motifs is 1. The Morgan fingerprint density at radius 3 is 2.24 bits per heavy atom. The summed E-state index contributed by atoms with van der Waals surface area (Å²) < 4.78 is 5.72. The molecule has 33 heavy (non-hydrogen) atoms. The van der Waals surface area contributed by atoms with Crippen LogP contribution < -0.4 is 14.5 Å². The van der Waals surface area contributed by atoms with E-state index in [9.17, 15) is 9.59 Å². The smallest absolute Gasteiger partial charge is 0.282 e. The highest BCUT2D eigenvalue weighted by atomic mass is 16.5. The third-order valence-corrected chi connectivity index (χ3v) is 6.02. The minimum atomic E-state index is -0.305. The van der Waals surface area contributed by atoms with Crippen molar-refractivity contribution in [1.82, 2.24) is 0 Å². The number of hydrogen-bond donors (Lipinski definition) is 0. The maximum absolute atomic E-state index is 13.8. The van der Waals surface area contributed by atoms with Crippen molar-refractivity contribution in [2.75, 3.05) is 16.3 Å². The molecule has 0 unspecified atom stereocenters. The van der Waals surface area contributed by atoms with Gasteiger partial charge in [-0.25, -0.2) is 4.90 Å². The fourth-order valence-electron chi connectivity index (χ4n) is 4.50. The standard InChI is InChI=1S/C28H26N2O3/c1-18(2)33-23-14-12-22(13-15-23)30-27(31)25(21-10-8-19(3)9-11-21)26(28(30)32)29-17-16-20-6-4-5-7-24(20)29/h4-15,18H,16-17H2,1-3H3. The van der Waals surface area contributed by atoms with Gasteiger partial charge in [0.05, 0.1) is 17.4 Å². The first kappa shape index (κ1) is 21.0. The molecule has 0 aromatic heterocycles. The van der Waals surface area contributed by atoms with E-state index in [2.05, 4.69) is 6.07 Å². The van der Waals surface area contributed by atoms with Crippen molar-refractivity contribution in [3.05, 3.63) is 95.2 Å². The van der Waals surface area contributed by atoms with Gasteiger partial charge < -0.3 is 9.64 Å². The minimum Gasteiger partial charge on any atom is -0.491 e. The molecule has 0 radical (unpaired) electrons. The van der Waals surface area contributed by atoms with Gasteiger partial charge in [-0.15, -0.1) is 0 Å². The van der Waals surface area contributed by atoms with Gasteiger partial charge in [0.2, 0.25) is 0 Å². The lowest BCUT2D eigenvalue weighted by Crippen LogP contribution is -2.34. The molecule has 3 aromatic carbocycles. The highest BCUT2D eigenvalue weighted by Crippen LogP contribution is 2.40. The van der Waals surface area contributed by atoms with E-state index < -0.39 is 0 Å². The fourth-order valence-corrected chi connectivity index (χ4v) is 4.50. The molecule has 5 heteroatoms. The summed E-state index contributed by atoms with van der Waals surface area (Å²) in [4.78, 5) is 30.8. The highest BCUT2D eigenvalue weighted by molar-refractivity contribution is 6.46. The Hall–Kier alpha value is -3.86. The van der Waals surface area contributed by atoms with Gasteiger partial charge in [-0.05, 0) is 68.7 Å². The number of imide groups is 1. The van der Waals surface area contributed by atoms with Gasteiger partial charge >= 0.3 is 0 Å². The van der Waals surface area contributed by atoms with Crippen molar-refractivity contribution in [3.8, 4) is 5.75 Å². The fraction of sp³-hybridized carbons (Fsp3) is 0.214. The lowest BCUT2D eigenvalue weighted by atomic mass is 10.0. The Balaban J connectivity index is 1.60. The van der Waals surface area contributed by atoms with E-state index >= 15 is 0 Å². The number of amides is 2.